The van der Waals surface area contributed by atoms with Crippen molar-refractivity contribution in [1.82, 2.24) is 5.32 Å². The summed E-state index contributed by atoms with van der Waals surface area (Å²) in [6.07, 6.45) is 0. The number of rotatable bonds is 1. The zero-order valence-corrected chi connectivity index (χ0v) is 10.7. The normalized spacial score (nSPS) is 25.1. The van der Waals surface area contributed by atoms with E-state index < -0.39 is 0 Å². The Bertz CT molecular complexity index is 373. The molecule has 2 atom stereocenters. The Labute approximate surface area is 96.7 Å². The summed E-state index contributed by atoms with van der Waals surface area (Å²) >= 11 is 2.01. The summed E-state index contributed by atoms with van der Waals surface area (Å²) in [6.45, 7) is 6.74. The number of thioether (sulfide) groups is 1. The second-order valence-electron chi connectivity index (χ2n) is 4.55. The van der Waals surface area contributed by atoms with E-state index in [2.05, 4.69) is 45.3 Å². The number of nitrogens with one attached hydrogen (secondary N) is 1. The summed E-state index contributed by atoms with van der Waals surface area (Å²) in [6, 6.07) is 5.15. The molecule has 2 heteroatoms. The first kappa shape index (κ1) is 11.0. The van der Waals surface area contributed by atoms with Gasteiger partial charge in [-0.3, -0.25) is 0 Å². The Morgan fingerprint density at radius 1 is 1.33 bits per heavy atom. The summed E-state index contributed by atoms with van der Waals surface area (Å²) in [5.74, 6) is 1.94. The van der Waals surface area contributed by atoms with E-state index in [1.807, 2.05) is 11.8 Å². The summed E-state index contributed by atoms with van der Waals surface area (Å²) in [5.41, 5.74) is 4.31. The molecule has 15 heavy (non-hydrogen) atoms. The van der Waals surface area contributed by atoms with Crippen LogP contribution in [0.3, 0.4) is 0 Å². The fraction of sp³-hybridized carbons (Fsp3) is 0.538. The van der Waals surface area contributed by atoms with Crippen molar-refractivity contribution >= 4 is 11.8 Å². The molecular weight excluding hydrogens is 202 g/mol. The van der Waals surface area contributed by atoms with Gasteiger partial charge in [0.25, 0.3) is 0 Å². The van der Waals surface area contributed by atoms with Gasteiger partial charge >= 0.3 is 0 Å². The Morgan fingerprint density at radius 3 is 2.73 bits per heavy atom. The van der Waals surface area contributed by atoms with Gasteiger partial charge in [-0.1, -0.05) is 24.6 Å². The minimum absolute atomic E-state index is 0.528. The fourth-order valence-corrected chi connectivity index (χ4v) is 3.73. The lowest BCUT2D eigenvalue weighted by atomic mass is 9.93. The molecule has 1 N–H and O–H groups in total. The maximum atomic E-state index is 3.45. The molecular formula is C13H19NS. The molecule has 1 aliphatic heterocycles. The van der Waals surface area contributed by atoms with E-state index in [-0.39, 0.29) is 0 Å². The van der Waals surface area contributed by atoms with Crippen molar-refractivity contribution in [3.8, 4) is 0 Å². The van der Waals surface area contributed by atoms with Gasteiger partial charge in [0.1, 0.15) is 0 Å². The molecule has 2 rings (SSSR count). The lowest BCUT2D eigenvalue weighted by molar-refractivity contribution is 0.436. The number of hydrogen-bond donors (Lipinski definition) is 1. The van der Waals surface area contributed by atoms with Gasteiger partial charge in [0.15, 0.2) is 0 Å². The highest BCUT2D eigenvalue weighted by Gasteiger charge is 2.26. The van der Waals surface area contributed by atoms with Crippen LogP contribution in [-0.4, -0.2) is 12.8 Å². The van der Waals surface area contributed by atoms with Crippen molar-refractivity contribution in [2.45, 2.75) is 31.7 Å². The van der Waals surface area contributed by atoms with E-state index in [1.54, 1.807) is 0 Å². The second-order valence-corrected chi connectivity index (χ2v) is 5.59. The van der Waals surface area contributed by atoms with Gasteiger partial charge in [0.05, 0.1) is 0 Å². The third kappa shape index (κ3) is 1.93. The van der Waals surface area contributed by atoms with Crippen molar-refractivity contribution in [1.29, 1.82) is 0 Å². The van der Waals surface area contributed by atoms with Crippen LogP contribution in [0, 0.1) is 19.8 Å². The number of benzene rings is 1. The highest BCUT2D eigenvalue weighted by Crippen LogP contribution is 2.41. The van der Waals surface area contributed by atoms with Gasteiger partial charge in [0.2, 0.25) is 0 Å². The Morgan fingerprint density at radius 2 is 2.07 bits per heavy atom. The number of hydrogen-bond acceptors (Lipinski definition) is 2. The molecule has 0 aromatic heterocycles. The van der Waals surface area contributed by atoms with Crippen LogP contribution in [0.2, 0.25) is 0 Å². The molecule has 82 valence electrons. The van der Waals surface area contributed by atoms with Gasteiger partial charge in [0, 0.05) is 16.7 Å². The summed E-state index contributed by atoms with van der Waals surface area (Å²) in [7, 11) is 2.07. The highest BCUT2D eigenvalue weighted by atomic mass is 32.2. The minimum atomic E-state index is 0.528. The number of aryl methyl sites for hydroxylation is 2. The van der Waals surface area contributed by atoms with Crippen LogP contribution in [0.25, 0.3) is 0 Å². The SMILES string of the molecule is CNC1c2cc(C)cc(C)c2SCC1C. The van der Waals surface area contributed by atoms with E-state index in [1.165, 1.54) is 27.3 Å². The third-order valence-corrected chi connectivity index (χ3v) is 4.69. The smallest absolute Gasteiger partial charge is 0.0362 e. The van der Waals surface area contributed by atoms with E-state index in [4.69, 9.17) is 0 Å². The molecule has 0 bridgehead atoms. The molecule has 0 aliphatic carbocycles. The first-order chi connectivity index (χ1) is 7.13. The van der Waals surface area contributed by atoms with Crippen LogP contribution >= 0.6 is 11.8 Å². The lowest BCUT2D eigenvalue weighted by Gasteiger charge is -2.32. The molecule has 1 aromatic rings. The largest absolute Gasteiger partial charge is 0.313 e. The van der Waals surface area contributed by atoms with Crippen LogP contribution in [0.5, 0.6) is 0 Å². The molecule has 1 aromatic carbocycles. The third-order valence-electron chi connectivity index (χ3n) is 3.15. The van der Waals surface area contributed by atoms with Crippen LogP contribution in [0.1, 0.15) is 29.7 Å². The molecule has 0 saturated heterocycles. The molecule has 2 unspecified atom stereocenters. The zero-order valence-electron chi connectivity index (χ0n) is 9.92. The van der Waals surface area contributed by atoms with Crippen molar-refractivity contribution in [3.63, 3.8) is 0 Å². The number of fused-ring (bicyclic) bond motifs is 1. The molecule has 1 nitrogen and oxygen atoms in total. The second kappa shape index (κ2) is 4.18. The van der Waals surface area contributed by atoms with Gasteiger partial charge < -0.3 is 5.32 Å². The highest BCUT2D eigenvalue weighted by molar-refractivity contribution is 7.99. The van der Waals surface area contributed by atoms with Crippen LogP contribution in [0.15, 0.2) is 17.0 Å². The molecule has 1 heterocycles. The van der Waals surface area contributed by atoms with Crippen molar-refractivity contribution < 1.29 is 0 Å². The van der Waals surface area contributed by atoms with Crippen molar-refractivity contribution in [2.75, 3.05) is 12.8 Å². The Kier molecular flexibility index (Phi) is 3.08. The van der Waals surface area contributed by atoms with E-state index >= 15 is 0 Å². The maximum absolute atomic E-state index is 3.45. The minimum Gasteiger partial charge on any atom is -0.313 e. The standard InChI is InChI=1S/C13H19NS/c1-8-5-9(2)13-11(6-8)12(14-4)10(3)7-15-13/h5-6,10,12,14H,7H2,1-4H3. The Hall–Kier alpha value is -0.470. The van der Waals surface area contributed by atoms with E-state index in [0.29, 0.717) is 12.0 Å². The average Bonchev–Trinajstić information content (AvgIpc) is 2.17. The fourth-order valence-electron chi connectivity index (χ4n) is 2.47. The van der Waals surface area contributed by atoms with Gasteiger partial charge in [-0.15, -0.1) is 11.8 Å². The summed E-state index contributed by atoms with van der Waals surface area (Å²) < 4.78 is 0. The predicted molar refractivity (Wildman–Crippen MR) is 67.6 cm³/mol. The van der Waals surface area contributed by atoms with Crippen LogP contribution < -0.4 is 5.32 Å². The van der Waals surface area contributed by atoms with Gasteiger partial charge in [-0.05, 0) is 37.9 Å². The topological polar surface area (TPSA) is 12.0 Å². The summed E-state index contributed by atoms with van der Waals surface area (Å²) in [4.78, 5) is 1.50. The van der Waals surface area contributed by atoms with Gasteiger partial charge in [-0.2, -0.15) is 0 Å². The first-order valence-electron chi connectivity index (χ1n) is 5.54. The summed E-state index contributed by atoms with van der Waals surface area (Å²) in [5, 5.41) is 3.45. The maximum Gasteiger partial charge on any atom is 0.0362 e. The molecule has 0 spiro atoms. The van der Waals surface area contributed by atoms with Crippen molar-refractivity contribution in [2.24, 2.45) is 5.92 Å². The Balaban J connectivity index is 2.52. The van der Waals surface area contributed by atoms with Gasteiger partial charge in [-0.25, -0.2) is 0 Å². The quantitative estimate of drug-likeness (QED) is 0.781. The van der Waals surface area contributed by atoms with Crippen LogP contribution in [0.4, 0.5) is 0 Å². The first-order valence-corrected chi connectivity index (χ1v) is 6.53. The molecule has 1 aliphatic rings. The predicted octanol–water partition coefficient (Wildman–Crippen LogP) is 3.31. The molecule has 0 amide bonds. The van der Waals surface area contributed by atoms with E-state index in [0.717, 1.165) is 0 Å². The monoisotopic (exact) mass is 221 g/mol. The van der Waals surface area contributed by atoms with Crippen LogP contribution in [-0.2, 0) is 0 Å². The molecule has 0 saturated carbocycles. The molecule has 0 radical (unpaired) electrons. The zero-order chi connectivity index (χ0) is 11.0. The van der Waals surface area contributed by atoms with E-state index in [9.17, 15) is 0 Å². The molecule has 0 fully saturated rings. The lowest BCUT2D eigenvalue weighted by Crippen LogP contribution is -2.28. The average molecular weight is 221 g/mol. The van der Waals surface area contributed by atoms with Crippen molar-refractivity contribution in [3.05, 3.63) is 28.8 Å².